The van der Waals surface area contributed by atoms with E-state index in [2.05, 4.69) is 16.9 Å². The predicted octanol–water partition coefficient (Wildman–Crippen LogP) is 1.35. The normalized spacial score (nSPS) is 22.1. The molecule has 1 saturated heterocycles. The van der Waals surface area contributed by atoms with Crippen LogP contribution in [-0.4, -0.2) is 41.1 Å². The topological polar surface area (TPSA) is 107 Å². The summed E-state index contributed by atoms with van der Waals surface area (Å²) in [6, 6.07) is 0.0574. The molecule has 116 valence electrons. The van der Waals surface area contributed by atoms with Crippen LogP contribution in [0.4, 0.5) is 11.5 Å². The standard InChI is InChI=1S/C13H21N5O3/c1-3-9-4-5-17(10(6-9)7-14)12-11(18(19)20)13(21-2)16-8-15-12/h8-10H,3-7,14H2,1-2H3. The van der Waals surface area contributed by atoms with Crippen molar-refractivity contribution in [3.63, 3.8) is 0 Å². The van der Waals surface area contributed by atoms with Crippen molar-refractivity contribution in [2.24, 2.45) is 11.7 Å². The van der Waals surface area contributed by atoms with Gasteiger partial charge in [0.25, 0.3) is 5.88 Å². The first kappa shape index (κ1) is 15.4. The first-order valence-corrected chi connectivity index (χ1v) is 7.12. The molecule has 21 heavy (non-hydrogen) atoms. The van der Waals surface area contributed by atoms with E-state index in [1.165, 1.54) is 13.4 Å². The molecule has 2 N–H and O–H groups in total. The molecule has 8 nitrogen and oxygen atoms in total. The third-order valence-corrected chi connectivity index (χ3v) is 4.09. The summed E-state index contributed by atoms with van der Waals surface area (Å²) in [4.78, 5) is 20.7. The van der Waals surface area contributed by atoms with E-state index in [0.29, 0.717) is 24.8 Å². The number of piperidine rings is 1. The lowest BCUT2D eigenvalue weighted by atomic mass is 9.89. The molecule has 0 spiro atoms. The van der Waals surface area contributed by atoms with Gasteiger partial charge in [-0.15, -0.1) is 0 Å². The Balaban J connectivity index is 2.38. The molecule has 1 aromatic rings. The van der Waals surface area contributed by atoms with Crippen LogP contribution in [0.5, 0.6) is 5.88 Å². The van der Waals surface area contributed by atoms with Gasteiger partial charge in [0.2, 0.25) is 5.82 Å². The summed E-state index contributed by atoms with van der Waals surface area (Å²) >= 11 is 0. The highest BCUT2D eigenvalue weighted by molar-refractivity contribution is 5.63. The molecule has 8 heteroatoms. The first-order chi connectivity index (χ1) is 10.1. The zero-order chi connectivity index (χ0) is 15.4. The summed E-state index contributed by atoms with van der Waals surface area (Å²) in [5, 5.41) is 11.3. The molecule has 1 aliphatic rings. The van der Waals surface area contributed by atoms with Crippen molar-refractivity contribution in [1.29, 1.82) is 0 Å². The summed E-state index contributed by atoms with van der Waals surface area (Å²) in [7, 11) is 1.36. The Labute approximate surface area is 123 Å². The van der Waals surface area contributed by atoms with Gasteiger partial charge in [-0.25, -0.2) is 4.98 Å². The maximum atomic E-state index is 11.3. The Morgan fingerprint density at radius 2 is 2.33 bits per heavy atom. The predicted molar refractivity (Wildman–Crippen MR) is 78.4 cm³/mol. The van der Waals surface area contributed by atoms with Crippen molar-refractivity contribution in [2.75, 3.05) is 25.1 Å². The number of ether oxygens (including phenoxy) is 1. The SMILES string of the molecule is CCC1CCN(c2ncnc(OC)c2[N+](=O)[O-])C(CN)C1. The number of nitro groups is 1. The Morgan fingerprint density at radius 1 is 1.57 bits per heavy atom. The zero-order valence-corrected chi connectivity index (χ0v) is 12.4. The van der Waals surface area contributed by atoms with Crippen molar-refractivity contribution >= 4 is 11.5 Å². The van der Waals surface area contributed by atoms with Crippen molar-refractivity contribution in [2.45, 2.75) is 32.2 Å². The van der Waals surface area contributed by atoms with E-state index >= 15 is 0 Å². The number of anilines is 1. The van der Waals surface area contributed by atoms with Gasteiger partial charge in [-0.2, -0.15) is 4.98 Å². The smallest absolute Gasteiger partial charge is 0.372 e. The van der Waals surface area contributed by atoms with Crippen LogP contribution in [0.2, 0.25) is 0 Å². The molecule has 0 bridgehead atoms. The van der Waals surface area contributed by atoms with Crippen molar-refractivity contribution in [3.8, 4) is 5.88 Å². The van der Waals surface area contributed by atoms with Gasteiger partial charge in [-0.1, -0.05) is 13.3 Å². The molecule has 2 atom stereocenters. The lowest BCUT2D eigenvalue weighted by Crippen LogP contribution is -2.47. The van der Waals surface area contributed by atoms with E-state index in [-0.39, 0.29) is 17.6 Å². The first-order valence-electron chi connectivity index (χ1n) is 7.12. The van der Waals surface area contributed by atoms with E-state index in [1.807, 2.05) is 4.90 Å². The van der Waals surface area contributed by atoms with E-state index in [9.17, 15) is 10.1 Å². The number of methoxy groups -OCH3 is 1. The number of hydrogen-bond donors (Lipinski definition) is 1. The second-order valence-corrected chi connectivity index (χ2v) is 5.19. The summed E-state index contributed by atoms with van der Waals surface area (Å²) < 4.78 is 5.00. The zero-order valence-electron chi connectivity index (χ0n) is 12.4. The average molecular weight is 295 g/mol. The molecule has 2 unspecified atom stereocenters. The van der Waals surface area contributed by atoms with Gasteiger partial charge in [0.1, 0.15) is 6.33 Å². The lowest BCUT2D eigenvalue weighted by Gasteiger charge is -2.39. The monoisotopic (exact) mass is 295 g/mol. The highest BCUT2D eigenvalue weighted by atomic mass is 16.6. The molecule has 0 amide bonds. The molecular formula is C13H21N5O3. The minimum Gasteiger partial charge on any atom is -0.476 e. The maximum Gasteiger partial charge on any atom is 0.372 e. The summed E-state index contributed by atoms with van der Waals surface area (Å²) in [5.74, 6) is 0.896. The van der Waals surface area contributed by atoms with Crippen LogP contribution < -0.4 is 15.4 Å². The van der Waals surface area contributed by atoms with Crippen LogP contribution in [0, 0.1) is 16.0 Å². The largest absolute Gasteiger partial charge is 0.476 e. The Hall–Kier alpha value is -1.96. The molecule has 0 aromatic carbocycles. The van der Waals surface area contributed by atoms with Gasteiger partial charge in [0.05, 0.1) is 12.0 Å². The number of aromatic nitrogens is 2. The minimum atomic E-state index is -0.492. The number of rotatable bonds is 5. The van der Waals surface area contributed by atoms with E-state index in [4.69, 9.17) is 10.5 Å². The molecule has 0 aliphatic carbocycles. The molecule has 0 saturated carbocycles. The van der Waals surface area contributed by atoms with Crippen LogP contribution in [0.25, 0.3) is 0 Å². The summed E-state index contributed by atoms with van der Waals surface area (Å²) in [5.41, 5.74) is 5.67. The van der Waals surface area contributed by atoms with Crippen LogP contribution in [0.15, 0.2) is 6.33 Å². The second-order valence-electron chi connectivity index (χ2n) is 5.19. The van der Waals surface area contributed by atoms with E-state index < -0.39 is 4.92 Å². The van der Waals surface area contributed by atoms with Crippen molar-refractivity contribution < 1.29 is 9.66 Å². The molecule has 2 heterocycles. The van der Waals surface area contributed by atoms with Gasteiger partial charge in [-0.3, -0.25) is 10.1 Å². The second kappa shape index (κ2) is 6.66. The molecule has 1 aliphatic heterocycles. The van der Waals surface area contributed by atoms with Gasteiger partial charge in [0, 0.05) is 19.1 Å². The van der Waals surface area contributed by atoms with Crippen LogP contribution in [0.1, 0.15) is 26.2 Å². The summed E-state index contributed by atoms with van der Waals surface area (Å²) in [6.45, 7) is 3.31. The maximum absolute atomic E-state index is 11.3. The summed E-state index contributed by atoms with van der Waals surface area (Å²) in [6.07, 6.45) is 4.30. The van der Waals surface area contributed by atoms with E-state index in [1.54, 1.807) is 0 Å². The van der Waals surface area contributed by atoms with Gasteiger partial charge < -0.3 is 15.4 Å². The Bertz CT molecular complexity index is 511. The van der Waals surface area contributed by atoms with Gasteiger partial charge in [0.15, 0.2) is 0 Å². The molecule has 0 radical (unpaired) electrons. The number of nitrogens with two attached hydrogens (primary N) is 1. The number of hydrogen-bond acceptors (Lipinski definition) is 7. The van der Waals surface area contributed by atoms with E-state index in [0.717, 1.165) is 19.3 Å². The van der Waals surface area contributed by atoms with Gasteiger partial charge in [-0.05, 0) is 18.8 Å². The number of nitrogens with zero attached hydrogens (tertiary/aromatic N) is 4. The third kappa shape index (κ3) is 3.05. The Kier molecular flexibility index (Phi) is 4.89. The minimum absolute atomic E-state index is 0.0154. The fraction of sp³-hybridized carbons (Fsp3) is 0.692. The van der Waals surface area contributed by atoms with Crippen LogP contribution in [0.3, 0.4) is 0 Å². The average Bonchev–Trinajstić information content (AvgIpc) is 2.53. The quantitative estimate of drug-likeness (QED) is 0.645. The molecule has 1 aromatic heterocycles. The molecule has 1 fully saturated rings. The van der Waals surface area contributed by atoms with Crippen LogP contribution in [-0.2, 0) is 0 Å². The Morgan fingerprint density at radius 3 is 2.90 bits per heavy atom. The highest BCUT2D eigenvalue weighted by Crippen LogP contribution is 2.37. The highest BCUT2D eigenvalue weighted by Gasteiger charge is 2.34. The fourth-order valence-corrected chi connectivity index (χ4v) is 2.88. The lowest BCUT2D eigenvalue weighted by molar-refractivity contribution is -0.385. The van der Waals surface area contributed by atoms with Crippen molar-refractivity contribution in [3.05, 3.63) is 16.4 Å². The van der Waals surface area contributed by atoms with Gasteiger partial charge >= 0.3 is 5.69 Å². The molecule has 2 rings (SSSR count). The van der Waals surface area contributed by atoms with Crippen molar-refractivity contribution in [1.82, 2.24) is 9.97 Å². The molecular weight excluding hydrogens is 274 g/mol. The third-order valence-electron chi connectivity index (χ3n) is 4.09. The van der Waals surface area contributed by atoms with Crippen LogP contribution >= 0.6 is 0 Å². The fourth-order valence-electron chi connectivity index (χ4n) is 2.88.